The van der Waals surface area contributed by atoms with Crippen molar-refractivity contribution in [1.29, 1.82) is 0 Å². The van der Waals surface area contributed by atoms with Crippen LogP contribution in [-0.4, -0.2) is 37.1 Å². The summed E-state index contributed by atoms with van der Waals surface area (Å²) in [6.07, 6.45) is 8.51. The van der Waals surface area contributed by atoms with Gasteiger partial charge in [-0.15, -0.1) is 0 Å². The number of hydrogen-bond donors (Lipinski definition) is 1. The van der Waals surface area contributed by atoms with Crippen LogP contribution >= 0.6 is 0 Å². The van der Waals surface area contributed by atoms with Gasteiger partial charge >= 0.3 is 0 Å². The Morgan fingerprint density at radius 3 is 2.35 bits per heavy atom. The Bertz CT molecular complexity index is 271. The van der Waals surface area contributed by atoms with Crippen LogP contribution in [0, 0.1) is 17.3 Å². The number of nitrogens with one attached hydrogen (secondary N) is 1. The topological polar surface area (TPSA) is 15.3 Å². The summed E-state index contributed by atoms with van der Waals surface area (Å²) in [5.41, 5.74) is 0.721. The fourth-order valence-electron chi connectivity index (χ4n) is 4.18. The zero-order chi connectivity index (χ0) is 14.6. The van der Waals surface area contributed by atoms with Gasteiger partial charge in [-0.2, -0.15) is 0 Å². The van der Waals surface area contributed by atoms with Crippen molar-refractivity contribution in [2.75, 3.05) is 26.2 Å². The van der Waals surface area contributed by atoms with Gasteiger partial charge in [-0.25, -0.2) is 0 Å². The van der Waals surface area contributed by atoms with Crippen LogP contribution in [0.15, 0.2) is 0 Å². The van der Waals surface area contributed by atoms with Gasteiger partial charge in [0, 0.05) is 12.6 Å². The maximum absolute atomic E-state index is 3.74. The first kappa shape index (κ1) is 16.3. The highest BCUT2D eigenvalue weighted by Crippen LogP contribution is 2.49. The smallest absolute Gasteiger partial charge is 0.00778 e. The maximum Gasteiger partial charge on any atom is 0.00778 e. The van der Waals surface area contributed by atoms with Crippen molar-refractivity contribution in [2.45, 2.75) is 72.3 Å². The van der Waals surface area contributed by atoms with Gasteiger partial charge in [-0.05, 0) is 69.0 Å². The third-order valence-electron chi connectivity index (χ3n) is 5.44. The minimum atomic E-state index is 0.721. The van der Waals surface area contributed by atoms with Crippen LogP contribution in [0.5, 0.6) is 0 Å². The van der Waals surface area contributed by atoms with Crippen molar-refractivity contribution in [3.63, 3.8) is 0 Å². The molecule has 0 aromatic heterocycles. The normalized spacial score (nSPS) is 25.1. The van der Waals surface area contributed by atoms with Crippen molar-refractivity contribution in [1.82, 2.24) is 10.2 Å². The Hall–Kier alpha value is -0.0800. The van der Waals surface area contributed by atoms with E-state index >= 15 is 0 Å². The highest BCUT2D eigenvalue weighted by atomic mass is 15.1. The van der Waals surface area contributed by atoms with E-state index in [0.717, 1.165) is 23.3 Å². The van der Waals surface area contributed by atoms with Crippen LogP contribution in [0.4, 0.5) is 0 Å². The Labute approximate surface area is 126 Å². The van der Waals surface area contributed by atoms with Crippen molar-refractivity contribution in [3.8, 4) is 0 Å². The van der Waals surface area contributed by atoms with Gasteiger partial charge in [0.05, 0.1) is 0 Å². The molecular formula is C18H36N2. The molecule has 0 bridgehead atoms. The third kappa shape index (κ3) is 4.46. The standard InChI is InChI=1S/C18H36N2/c1-5-6-16(4)14-20-9-7-18(8-10-20)11-17(12-18)19-13-15(2)3/h15-17,19H,5-14H2,1-4H3. The van der Waals surface area contributed by atoms with Crippen molar-refractivity contribution >= 4 is 0 Å². The molecule has 1 N–H and O–H groups in total. The second-order valence-electron chi connectivity index (χ2n) is 8.10. The molecule has 1 aliphatic carbocycles. The summed E-state index contributed by atoms with van der Waals surface area (Å²) in [4.78, 5) is 2.72. The van der Waals surface area contributed by atoms with Crippen LogP contribution in [0.1, 0.15) is 66.2 Å². The molecule has 1 saturated carbocycles. The molecule has 2 aliphatic rings. The summed E-state index contributed by atoms with van der Waals surface area (Å²) in [6.45, 7) is 14.6. The molecule has 0 aromatic carbocycles. The largest absolute Gasteiger partial charge is 0.314 e. The molecule has 118 valence electrons. The van der Waals surface area contributed by atoms with E-state index in [9.17, 15) is 0 Å². The number of rotatable bonds is 7. The molecule has 0 amide bonds. The summed E-state index contributed by atoms with van der Waals surface area (Å²) in [5, 5.41) is 3.74. The Morgan fingerprint density at radius 2 is 1.80 bits per heavy atom. The van der Waals surface area contributed by atoms with Gasteiger partial charge in [0.2, 0.25) is 0 Å². The van der Waals surface area contributed by atoms with Crippen molar-refractivity contribution in [2.24, 2.45) is 17.3 Å². The number of hydrogen-bond acceptors (Lipinski definition) is 2. The number of nitrogens with zero attached hydrogens (tertiary/aromatic N) is 1. The quantitative estimate of drug-likeness (QED) is 0.760. The van der Waals surface area contributed by atoms with E-state index in [1.807, 2.05) is 0 Å². The van der Waals surface area contributed by atoms with E-state index in [-0.39, 0.29) is 0 Å². The zero-order valence-electron chi connectivity index (χ0n) is 14.3. The Balaban J connectivity index is 1.63. The SMILES string of the molecule is CCCC(C)CN1CCC2(CC1)CC(NCC(C)C)C2. The number of piperidine rings is 1. The monoisotopic (exact) mass is 280 g/mol. The highest BCUT2D eigenvalue weighted by Gasteiger charge is 2.45. The fourth-order valence-corrected chi connectivity index (χ4v) is 4.18. The molecule has 1 unspecified atom stereocenters. The molecule has 20 heavy (non-hydrogen) atoms. The summed E-state index contributed by atoms with van der Waals surface area (Å²) < 4.78 is 0. The van der Waals surface area contributed by atoms with Gasteiger partial charge in [0.25, 0.3) is 0 Å². The van der Waals surface area contributed by atoms with Gasteiger partial charge < -0.3 is 10.2 Å². The summed E-state index contributed by atoms with van der Waals surface area (Å²) in [7, 11) is 0. The molecule has 1 heterocycles. The van der Waals surface area contributed by atoms with Gasteiger partial charge in [0.1, 0.15) is 0 Å². The summed E-state index contributed by atoms with van der Waals surface area (Å²) in [6, 6.07) is 0.822. The second kappa shape index (κ2) is 7.26. The first-order valence-electron chi connectivity index (χ1n) is 8.99. The van der Waals surface area contributed by atoms with Crippen LogP contribution in [0.25, 0.3) is 0 Å². The third-order valence-corrected chi connectivity index (χ3v) is 5.44. The molecular weight excluding hydrogens is 244 g/mol. The molecule has 2 rings (SSSR count). The molecule has 1 aliphatic heterocycles. The summed E-state index contributed by atoms with van der Waals surface area (Å²) in [5.74, 6) is 1.67. The molecule has 2 fully saturated rings. The van der Waals surface area contributed by atoms with Gasteiger partial charge in [-0.3, -0.25) is 0 Å². The molecule has 2 heteroatoms. The lowest BCUT2D eigenvalue weighted by Gasteiger charge is -2.53. The lowest BCUT2D eigenvalue weighted by atomic mass is 9.60. The Kier molecular flexibility index (Phi) is 5.92. The van der Waals surface area contributed by atoms with Crippen molar-refractivity contribution < 1.29 is 0 Å². The Morgan fingerprint density at radius 1 is 1.15 bits per heavy atom. The predicted octanol–water partition coefficient (Wildman–Crippen LogP) is 3.91. The van der Waals surface area contributed by atoms with E-state index in [4.69, 9.17) is 0 Å². The van der Waals surface area contributed by atoms with Crippen LogP contribution in [0.2, 0.25) is 0 Å². The second-order valence-corrected chi connectivity index (χ2v) is 8.10. The average molecular weight is 281 g/mol. The van der Waals surface area contributed by atoms with Crippen LogP contribution < -0.4 is 5.32 Å². The van der Waals surface area contributed by atoms with Crippen molar-refractivity contribution in [3.05, 3.63) is 0 Å². The van der Waals surface area contributed by atoms with E-state index in [2.05, 4.69) is 37.9 Å². The lowest BCUT2D eigenvalue weighted by molar-refractivity contribution is 0.00166. The molecule has 1 spiro atoms. The van der Waals surface area contributed by atoms with E-state index < -0.39 is 0 Å². The first-order chi connectivity index (χ1) is 9.53. The minimum absolute atomic E-state index is 0.721. The molecule has 0 aromatic rings. The number of likely N-dealkylation sites (tertiary alicyclic amines) is 1. The van der Waals surface area contributed by atoms with Gasteiger partial charge in [-0.1, -0.05) is 34.1 Å². The molecule has 1 saturated heterocycles. The highest BCUT2D eigenvalue weighted by molar-refractivity contribution is 5.00. The van der Waals surface area contributed by atoms with E-state index in [1.165, 1.54) is 64.7 Å². The maximum atomic E-state index is 3.74. The lowest BCUT2D eigenvalue weighted by Crippen LogP contribution is -2.54. The van der Waals surface area contributed by atoms with Crippen LogP contribution in [0.3, 0.4) is 0 Å². The zero-order valence-corrected chi connectivity index (χ0v) is 14.3. The fraction of sp³-hybridized carbons (Fsp3) is 1.00. The van der Waals surface area contributed by atoms with Gasteiger partial charge in [0.15, 0.2) is 0 Å². The predicted molar refractivity (Wildman–Crippen MR) is 88.0 cm³/mol. The summed E-state index contributed by atoms with van der Waals surface area (Å²) >= 11 is 0. The first-order valence-corrected chi connectivity index (χ1v) is 8.99. The minimum Gasteiger partial charge on any atom is -0.314 e. The van der Waals surface area contributed by atoms with Crippen LogP contribution in [-0.2, 0) is 0 Å². The van der Waals surface area contributed by atoms with E-state index in [0.29, 0.717) is 0 Å². The molecule has 0 radical (unpaired) electrons. The average Bonchev–Trinajstić information content (AvgIpc) is 2.35. The molecule has 2 nitrogen and oxygen atoms in total. The van der Waals surface area contributed by atoms with E-state index in [1.54, 1.807) is 0 Å². The molecule has 1 atom stereocenters.